The number of hydrogen-bond donors (Lipinski definition) is 0. The molecule has 0 spiro atoms. The van der Waals surface area contributed by atoms with Crippen LogP contribution in [0.15, 0.2) is 65.4 Å². The lowest BCUT2D eigenvalue weighted by Gasteiger charge is -2.32. The highest BCUT2D eigenvalue weighted by Crippen LogP contribution is 2.37. The van der Waals surface area contributed by atoms with Crippen LogP contribution < -0.4 is 4.90 Å². The van der Waals surface area contributed by atoms with Crippen LogP contribution in [-0.4, -0.2) is 65.4 Å². The third kappa shape index (κ3) is 4.86. The number of fused-ring (bicyclic) bond motifs is 1. The van der Waals surface area contributed by atoms with Gasteiger partial charge in [0.05, 0.1) is 24.4 Å². The number of aromatic nitrogens is 3. The summed E-state index contributed by atoms with van der Waals surface area (Å²) in [5.74, 6) is -0.245. The zero-order valence-electron chi connectivity index (χ0n) is 21.1. The van der Waals surface area contributed by atoms with Gasteiger partial charge >= 0.3 is 0 Å². The third-order valence-corrected chi connectivity index (χ3v) is 10.6. The van der Waals surface area contributed by atoms with Gasteiger partial charge < -0.3 is 14.4 Å². The molecule has 4 aromatic rings. The number of thiazole rings is 1. The Morgan fingerprint density at radius 3 is 2.58 bits per heavy atom. The zero-order valence-corrected chi connectivity index (χ0v) is 22.8. The average Bonchev–Trinajstić information content (AvgIpc) is 3.68. The first kappa shape index (κ1) is 25.2. The van der Waals surface area contributed by atoms with Crippen LogP contribution >= 0.6 is 11.3 Å². The highest BCUT2D eigenvalue weighted by Gasteiger charge is 2.34. The minimum absolute atomic E-state index is 0.245. The quantitative estimate of drug-likeness (QED) is 0.347. The van der Waals surface area contributed by atoms with Crippen LogP contribution in [0.4, 0.5) is 9.52 Å². The Labute approximate surface area is 226 Å². The van der Waals surface area contributed by atoms with Crippen molar-refractivity contribution >= 4 is 26.5 Å². The molecule has 1 fully saturated rings. The van der Waals surface area contributed by atoms with Gasteiger partial charge in [0, 0.05) is 51.4 Å². The molecule has 0 aliphatic carbocycles. The fraction of sp³-hybridized carbons (Fsp3) is 0.333. The first-order valence-corrected chi connectivity index (χ1v) is 14.9. The van der Waals surface area contributed by atoms with E-state index in [0.29, 0.717) is 19.6 Å². The Hall–Kier alpha value is -3.12. The highest BCUT2D eigenvalue weighted by atomic mass is 32.2. The van der Waals surface area contributed by atoms with Crippen LogP contribution in [0.2, 0.25) is 0 Å². The van der Waals surface area contributed by atoms with Crippen molar-refractivity contribution in [2.75, 3.05) is 38.1 Å². The van der Waals surface area contributed by atoms with Gasteiger partial charge in [0.1, 0.15) is 5.82 Å². The Balaban J connectivity index is 1.21. The SMILES string of the molecule is CN1CCN(c2ncc(S(=O)(=O)N3Cc4cccc(-c5cncn5CCc5ccc(F)cc5)c4C3)s2)CC1. The number of imidazole rings is 1. The summed E-state index contributed by atoms with van der Waals surface area (Å²) in [5.41, 5.74) is 4.98. The van der Waals surface area contributed by atoms with Crippen LogP contribution in [0.5, 0.6) is 0 Å². The maximum Gasteiger partial charge on any atom is 0.254 e. The number of likely N-dealkylation sites (N-methyl/N-ethyl adjacent to an activating group) is 1. The standard InChI is InChI=1S/C27H29FN6O2S2/c1-31-11-13-32(14-12-31)27-30-16-26(37-27)38(35,36)34-17-21-3-2-4-23(24(21)18-34)25-15-29-19-33(25)10-9-20-5-7-22(28)8-6-20/h2-8,15-16,19H,9-14,17-18H2,1H3. The van der Waals surface area contributed by atoms with Crippen molar-refractivity contribution in [3.63, 3.8) is 0 Å². The number of anilines is 1. The Bertz CT molecular complexity index is 1540. The van der Waals surface area contributed by atoms with E-state index in [1.807, 2.05) is 24.4 Å². The fourth-order valence-electron chi connectivity index (χ4n) is 5.07. The number of sulfonamides is 1. The van der Waals surface area contributed by atoms with Crippen molar-refractivity contribution in [3.8, 4) is 11.3 Å². The zero-order chi connectivity index (χ0) is 26.3. The van der Waals surface area contributed by atoms with E-state index < -0.39 is 10.0 Å². The van der Waals surface area contributed by atoms with Crippen molar-refractivity contribution in [1.82, 2.24) is 23.7 Å². The summed E-state index contributed by atoms with van der Waals surface area (Å²) < 4.78 is 44.4. The molecule has 0 bridgehead atoms. The molecule has 6 rings (SSSR count). The third-order valence-electron chi connectivity index (χ3n) is 7.34. The van der Waals surface area contributed by atoms with Gasteiger partial charge in [0.15, 0.2) is 9.34 Å². The minimum atomic E-state index is -3.68. The lowest BCUT2D eigenvalue weighted by Crippen LogP contribution is -2.44. The molecule has 2 aliphatic heterocycles. The summed E-state index contributed by atoms with van der Waals surface area (Å²) in [6.45, 7) is 4.88. The second kappa shape index (κ2) is 10.2. The molecule has 0 unspecified atom stereocenters. The second-order valence-electron chi connectivity index (χ2n) is 9.82. The van der Waals surface area contributed by atoms with Gasteiger partial charge in [-0.15, -0.1) is 0 Å². The van der Waals surface area contributed by atoms with Crippen LogP contribution in [0.1, 0.15) is 16.7 Å². The molecule has 11 heteroatoms. The number of piperazine rings is 1. The molecular formula is C27H29FN6O2S2. The molecule has 0 atom stereocenters. The molecule has 38 heavy (non-hydrogen) atoms. The Kier molecular flexibility index (Phi) is 6.77. The largest absolute Gasteiger partial charge is 0.345 e. The van der Waals surface area contributed by atoms with E-state index in [1.54, 1.807) is 22.8 Å². The Morgan fingerprint density at radius 2 is 1.79 bits per heavy atom. The molecule has 0 amide bonds. The predicted octanol–water partition coefficient (Wildman–Crippen LogP) is 3.84. The summed E-state index contributed by atoms with van der Waals surface area (Å²) in [7, 11) is -1.59. The van der Waals surface area contributed by atoms with Crippen LogP contribution in [0.25, 0.3) is 11.3 Å². The maximum atomic E-state index is 13.6. The molecule has 198 valence electrons. The number of halogens is 1. The predicted molar refractivity (Wildman–Crippen MR) is 146 cm³/mol. The number of nitrogens with zero attached hydrogens (tertiary/aromatic N) is 6. The van der Waals surface area contributed by atoms with Crippen molar-refractivity contribution in [2.24, 2.45) is 0 Å². The lowest BCUT2D eigenvalue weighted by atomic mass is 10.0. The van der Waals surface area contributed by atoms with E-state index in [9.17, 15) is 12.8 Å². The van der Waals surface area contributed by atoms with Crippen molar-refractivity contribution in [3.05, 3.63) is 83.7 Å². The molecule has 0 N–H and O–H groups in total. The van der Waals surface area contributed by atoms with Gasteiger partial charge in [0.25, 0.3) is 10.0 Å². The minimum Gasteiger partial charge on any atom is -0.345 e. The molecule has 8 nitrogen and oxygen atoms in total. The van der Waals surface area contributed by atoms with E-state index in [0.717, 1.165) is 65.7 Å². The van der Waals surface area contributed by atoms with Crippen molar-refractivity contribution in [1.29, 1.82) is 0 Å². The average molecular weight is 553 g/mol. The van der Waals surface area contributed by atoms with E-state index in [-0.39, 0.29) is 10.0 Å². The second-order valence-corrected chi connectivity index (χ2v) is 13.0. The highest BCUT2D eigenvalue weighted by molar-refractivity contribution is 7.91. The van der Waals surface area contributed by atoms with E-state index in [1.165, 1.54) is 29.7 Å². The fourth-order valence-corrected chi connectivity index (χ4v) is 7.78. The molecule has 4 heterocycles. The molecule has 1 saturated heterocycles. The molecular weight excluding hydrogens is 523 g/mol. The Morgan fingerprint density at radius 1 is 1.00 bits per heavy atom. The van der Waals surface area contributed by atoms with Gasteiger partial charge in [-0.25, -0.2) is 22.8 Å². The maximum absolute atomic E-state index is 13.6. The smallest absolute Gasteiger partial charge is 0.254 e. The molecule has 2 aliphatic rings. The molecule has 2 aromatic heterocycles. The summed E-state index contributed by atoms with van der Waals surface area (Å²) >= 11 is 1.25. The van der Waals surface area contributed by atoms with Gasteiger partial charge in [0.2, 0.25) is 0 Å². The normalized spacial score (nSPS) is 16.7. The van der Waals surface area contributed by atoms with Crippen LogP contribution in [-0.2, 0) is 36.1 Å². The topological polar surface area (TPSA) is 74.6 Å². The van der Waals surface area contributed by atoms with Gasteiger partial charge in [-0.2, -0.15) is 4.31 Å². The summed E-state index contributed by atoms with van der Waals surface area (Å²) in [6, 6.07) is 12.5. The van der Waals surface area contributed by atoms with E-state index in [4.69, 9.17) is 0 Å². The summed E-state index contributed by atoms with van der Waals surface area (Å²) in [4.78, 5) is 13.3. The van der Waals surface area contributed by atoms with Gasteiger partial charge in [-0.3, -0.25) is 0 Å². The van der Waals surface area contributed by atoms with Crippen LogP contribution in [0, 0.1) is 5.82 Å². The first-order chi connectivity index (χ1) is 18.4. The number of hydrogen-bond acceptors (Lipinski definition) is 7. The lowest BCUT2D eigenvalue weighted by molar-refractivity contribution is 0.313. The number of rotatable bonds is 7. The van der Waals surface area contributed by atoms with E-state index in [2.05, 4.69) is 31.4 Å². The van der Waals surface area contributed by atoms with Crippen LogP contribution in [0.3, 0.4) is 0 Å². The van der Waals surface area contributed by atoms with Crippen molar-refractivity contribution in [2.45, 2.75) is 30.3 Å². The molecule has 2 aromatic carbocycles. The summed E-state index contributed by atoms with van der Waals surface area (Å²) in [5, 5.41) is 0.763. The molecule has 0 radical (unpaired) electrons. The number of aryl methyl sites for hydroxylation is 2. The monoisotopic (exact) mass is 552 g/mol. The van der Waals surface area contributed by atoms with Gasteiger partial charge in [-0.05, 0) is 42.3 Å². The van der Waals surface area contributed by atoms with Gasteiger partial charge in [-0.1, -0.05) is 41.7 Å². The number of benzene rings is 2. The first-order valence-electron chi connectivity index (χ1n) is 12.6. The van der Waals surface area contributed by atoms with E-state index >= 15 is 0 Å². The van der Waals surface area contributed by atoms with Crippen molar-refractivity contribution < 1.29 is 12.8 Å². The summed E-state index contributed by atoms with van der Waals surface area (Å²) in [6.07, 6.45) is 5.85. The molecule has 0 saturated carbocycles.